The molecule has 5 fully saturated rings. The van der Waals surface area contributed by atoms with Crippen molar-refractivity contribution in [3.05, 3.63) is 102 Å². The quantitative estimate of drug-likeness (QED) is 0.102. The Hall–Kier alpha value is -6.03. The Bertz CT molecular complexity index is 2970. The molecule has 356 valence electrons. The second-order valence-corrected chi connectivity index (χ2v) is 19.8. The molecule has 2 spiro atoms. The molecule has 0 N–H and O–H groups in total. The van der Waals surface area contributed by atoms with Gasteiger partial charge in [-0.1, -0.05) is 6.42 Å². The molecule has 4 aromatic heterocycles. The van der Waals surface area contributed by atoms with E-state index < -0.39 is 22.6 Å². The molecule has 2 amide bonds. The van der Waals surface area contributed by atoms with Gasteiger partial charge >= 0.3 is 0 Å². The van der Waals surface area contributed by atoms with Crippen LogP contribution in [0.4, 0.5) is 24.5 Å². The van der Waals surface area contributed by atoms with Crippen molar-refractivity contribution in [3.63, 3.8) is 0 Å². The van der Waals surface area contributed by atoms with E-state index in [2.05, 4.69) is 24.8 Å². The standard InChI is InChI=1S/C31H35FN4O3.C23H19F2N3O2/c32-25-18-26-24(29-27(20-33-26)36(22-6-7-22)30(37)31(29)9-15-38-16-10-31)17-23(25)21-5-8-28(34-19-21)39-14-4-13-35-11-2-1-3-12-35;24-17-10-18-16(9-15(17)13-1-4-20(25)27-11-13)21-19(12-26-18)28(14-2-3-14)22(29)23(21)5-7-30-8-6-23/h5,8,17-20,22H,1-4,6-7,9-16H2;1,4,9-12,14H,2-3,5-8H2. The first-order valence-electron chi connectivity index (χ1n) is 24.7. The molecule has 9 heterocycles. The van der Waals surface area contributed by atoms with E-state index >= 15 is 4.39 Å². The van der Waals surface area contributed by atoms with Crippen LogP contribution in [0.15, 0.2) is 73.3 Å². The van der Waals surface area contributed by atoms with Crippen molar-refractivity contribution in [2.45, 2.75) is 100.0 Å². The minimum atomic E-state index is -0.659. The molecular formula is C54H54F3N7O5. The fourth-order valence-electron chi connectivity index (χ4n) is 11.7. The monoisotopic (exact) mass is 937 g/mol. The maximum atomic E-state index is 15.4. The van der Waals surface area contributed by atoms with Crippen molar-refractivity contribution in [2.75, 3.05) is 62.5 Å². The summed E-state index contributed by atoms with van der Waals surface area (Å²) in [6, 6.07) is 13.4. The molecule has 3 saturated heterocycles. The van der Waals surface area contributed by atoms with E-state index in [1.807, 2.05) is 28.0 Å². The summed E-state index contributed by atoms with van der Waals surface area (Å²) in [4.78, 5) is 51.1. The van der Waals surface area contributed by atoms with Gasteiger partial charge < -0.3 is 28.9 Å². The highest BCUT2D eigenvalue weighted by Gasteiger charge is 2.57. The zero-order valence-electron chi connectivity index (χ0n) is 38.5. The SMILES string of the molecule is O=C1N(C2CC2)c2cnc3cc(F)c(-c4ccc(F)nc4)cc3c2C12CCOCC2.O=C1N(C2CC2)c2cnc3cc(F)c(-c4ccc(OCCCN5CCCCC5)nc4)cc3c2C12CCOCC2. The fraction of sp³-hybridized carbons (Fsp3) is 0.444. The van der Waals surface area contributed by atoms with Crippen LogP contribution in [0.2, 0.25) is 0 Å². The molecule has 5 aliphatic heterocycles. The molecule has 0 unspecified atom stereocenters. The number of likely N-dealkylation sites (tertiary alicyclic amines) is 1. The molecule has 0 atom stereocenters. The van der Waals surface area contributed by atoms with Crippen LogP contribution >= 0.6 is 0 Å². The van der Waals surface area contributed by atoms with Gasteiger partial charge in [-0.05, 0) is 114 Å². The summed E-state index contributed by atoms with van der Waals surface area (Å²) in [6.45, 7) is 6.16. The molecule has 0 radical (unpaired) electrons. The third-order valence-electron chi connectivity index (χ3n) is 15.5. The van der Waals surface area contributed by atoms with E-state index in [0.29, 0.717) is 97.9 Å². The maximum Gasteiger partial charge on any atom is 0.238 e. The summed E-state index contributed by atoms with van der Waals surface area (Å²) >= 11 is 0. The van der Waals surface area contributed by atoms with Crippen LogP contribution in [0.25, 0.3) is 44.1 Å². The van der Waals surface area contributed by atoms with Crippen LogP contribution in [0.1, 0.15) is 88.2 Å². The van der Waals surface area contributed by atoms with Crippen LogP contribution in [-0.4, -0.2) is 101 Å². The number of nitrogens with zero attached hydrogens (tertiary/aromatic N) is 7. The zero-order valence-corrected chi connectivity index (χ0v) is 38.5. The summed E-state index contributed by atoms with van der Waals surface area (Å²) in [5.41, 5.74) is 5.41. The number of hydrogen-bond acceptors (Lipinski definition) is 10. The Labute approximate surface area is 398 Å². The van der Waals surface area contributed by atoms with Gasteiger partial charge in [-0.2, -0.15) is 4.39 Å². The normalized spacial score (nSPS) is 20.7. The van der Waals surface area contributed by atoms with E-state index in [1.165, 1.54) is 62.8 Å². The summed E-state index contributed by atoms with van der Waals surface area (Å²) in [6.07, 6.45) is 17.9. The zero-order chi connectivity index (χ0) is 46.9. The minimum Gasteiger partial charge on any atom is -0.478 e. The highest BCUT2D eigenvalue weighted by Crippen LogP contribution is 2.55. The molecule has 69 heavy (non-hydrogen) atoms. The van der Waals surface area contributed by atoms with Gasteiger partial charge in [0.2, 0.25) is 23.6 Å². The molecule has 12 nitrogen and oxygen atoms in total. The highest BCUT2D eigenvalue weighted by atomic mass is 19.1. The number of amides is 2. The van der Waals surface area contributed by atoms with Crippen molar-refractivity contribution >= 4 is 45.0 Å². The number of pyridine rings is 4. The molecule has 13 rings (SSSR count). The molecule has 0 bridgehead atoms. The molecule has 2 aromatic carbocycles. The molecule has 2 aliphatic carbocycles. The van der Waals surface area contributed by atoms with Crippen LogP contribution in [0.3, 0.4) is 0 Å². The van der Waals surface area contributed by atoms with Crippen molar-refractivity contribution in [2.24, 2.45) is 0 Å². The van der Waals surface area contributed by atoms with Crippen molar-refractivity contribution in [1.82, 2.24) is 24.8 Å². The maximum absolute atomic E-state index is 15.4. The number of anilines is 2. The average Bonchev–Trinajstić information content (AvgIpc) is 4.34. The molecule has 2 saturated carbocycles. The number of hydrogen-bond donors (Lipinski definition) is 0. The molecular weight excluding hydrogens is 884 g/mol. The van der Waals surface area contributed by atoms with Gasteiger partial charge in [0.15, 0.2) is 0 Å². The second-order valence-electron chi connectivity index (χ2n) is 19.8. The van der Waals surface area contributed by atoms with Crippen molar-refractivity contribution < 1.29 is 37.0 Å². The predicted molar refractivity (Wildman–Crippen MR) is 255 cm³/mol. The molecule has 7 aliphatic rings. The number of benzene rings is 2. The lowest BCUT2D eigenvalue weighted by Crippen LogP contribution is -2.44. The highest BCUT2D eigenvalue weighted by molar-refractivity contribution is 6.14. The van der Waals surface area contributed by atoms with Crippen molar-refractivity contribution in [1.29, 1.82) is 0 Å². The number of halogens is 3. The average molecular weight is 938 g/mol. The predicted octanol–water partition coefficient (Wildman–Crippen LogP) is 9.38. The summed E-state index contributed by atoms with van der Waals surface area (Å²) in [7, 11) is 0. The van der Waals surface area contributed by atoms with E-state index in [1.54, 1.807) is 24.7 Å². The van der Waals surface area contributed by atoms with Gasteiger partial charge in [0.1, 0.15) is 11.6 Å². The first-order valence-corrected chi connectivity index (χ1v) is 24.7. The molecule has 6 aromatic rings. The number of aromatic nitrogens is 4. The van der Waals surface area contributed by atoms with E-state index in [-0.39, 0.29) is 29.7 Å². The minimum absolute atomic E-state index is 0.118. The Morgan fingerprint density at radius 1 is 0.609 bits per heavy atom. The fourth-order valence-corrected chi connectivity index (χ4v) is 11.7. The number of rotatable bonds is 9. The smallest absolute Gasteiger partial charge is 0.238 e. The summed E-state index contributed by atoms with van der Waals surface area (Å²) in [5, 5.41) is 1.62. The van der Waals surface area contributed by atoms with Crippen LogP contribution in [0.5, 0.6) is 5.88 Å². The number of ether oxygens (including phenoxy) is 3. The van der Waals surface area contributed by atoms with Gasteiger partial charge in [-0.3, -0.25) is 19.6 Å². The summed E-state index contributed by atoms with van der Waals surface area (Å²) < 4.78 is 60.7. The second kappa shape index (κ2) is 17.7. The lowest BCUT2D eigenvalue weighted by atomic mass is 9.74. The Morgan fingerprint density at radius 2 is 1.12 bits per heavy atom. The Balaban J connectivity index is 0.000000148. The van der Waals surface area contributed by atoms with Crippen LogP contribution in [0, 0.1) is 17.6 Å². The number of carbonyl (C=O) groups excluding carboxylic acids is 2. The van der Waals surface area contributed by atoms with Gasteiger partial charge in [0.05, 0.1) is 52.2 Å². The third-order valence-corrected chi connectivity index (χ3v) is 15.5. The van der Waals surface area contributed by atoms with Gasteiger partial charge in [0, 0.05) is 120 Å². The number of piperidine rings is 1. The van der Waals surface area contributed by atoms with E-state index in [0.717, 1.165) is 71.9 Å². The van der Waals surface area contributed by atoms with Gasteiger partial charge in [-0.15, -0.1) is 0 Å². The Kier molecular flexibility index (Phi) is 11.4. The first kappa shape index (κ1) is 44.2. The van der Waals surface area contributed by atoms with E-state index in [9.17, 15) is 18.4 Å². The lowest BCUT2D eigenvalue weighted by molar-refractivity contribution is -0.127. The Morgan fingerprint density at radius 3 is 1.58 bits per heavy atom. The first-order chi connectivity index (χ1) is 33.7. The number of carbonyl (C=O) groups is 2. The van der Waals surface area contributed by atoms with Gasteiger partial charge in [-0.25, -0.2) is 18.7 Å². The third kappa shape index (κ3) is 7.81. The van der Waals surface area contributed by atoms with Crippen LogP contribution in [-0.2, 0) is 29.9 Å². The van der Waals surface area contributed by atoms with Crippen molar-refractivity contribution in [3.8, 4) is 28.1 Å². The van der Waals surface area contributed by atoms with E-state index in [4.69, 9.17) is 14.2 Å². The number of fused-ring (bicyclic) bond motifs is 8. The summed E-state index contributed by atoms with van der Waals surface area (Å²) in [5.74, 6) is -0.592. The lowest BCUT2D eigenvalue weighted by Gasteiger charge is -2.33. The van der Waals surface area contributed by atoms with Gasteiger partial charge in [0.25, 0.3) is 0 Å². The molecule has 15 heteroatoms. The largest absolute Gasteiger partial charge is 0.478 e. The van der Waals surface area contributed by atoms with Crippen LogP contribution < -0.4 is 14.5 Å². The topological polar surface area (TPSA) is 123 Å².